The van der Waals surface area contributed by atoms with Gasteiger partial charge in [-0.05, 0) is 0 Å². The van der Waals surface area contributed by atoms with Crippen molar-refractivity contribution in [3.63, 3.8) is 0 Å². The van der Waals surface area contributed by atoms with Crippen molar-refractivity contribution >= 4 is 16.9 Å². The molecule has 1 heterocycles. The maximum absolute atomic E-state index is 5.35. The van der Waals surface area contributed by atoms with Crippen molar-refractivity contribution in [1.82, 2.24) is 10.2 Å². The number of hydrogen-bond acceptors (Lipinski definition) is 4. The molecule has 0 spiro atoms. The number of amidine groups is 1. The van der Waals surface area contributed by atoms with Crippen LogP contribution in [0.5, 0.6) is 0 Å². The second-order valence-corrected chi connectivity index (χ2v) is 2.86. The van der Waals surface area contributed by atoms with Gasteiger partial charge in [0.05, 0.1) is 6.20 Å². The highest BCUT2D eigenvalue weighted by Gasteiger charge is 1.96. The molecule has 0 unspecified atom stereocenters. The first-order valence-corrected chi connectivity index (χ1v) is 3.95. The van der Waals surface area contributed by atoms with E-state index in [1.54, 1.807) is 12.4 Å². The molecule has 0 atom stereocenters. The van der Waals surface area contributed by atoms with E-state index in [0.29, 0.717) is 5.17 Å². The van der Waals surface area contributed by atoms with Crippen LogP contribution in [-0.4, -0.2) is 15.4 Å². The van der Waals surface area contributed by atoms with Gasteiger partial charge >= 0.3 is 0 Å². The third kappa shape index (κ3) is 2.50. The number of nitrogens with two attached hydrogens (primary N) is 2. The van der Waals surface area contributed by atoms with Crippen molar-refractivity contribution in [3.05, 3.63) is 18.0 Å². The van der Waals surface area contributed by atoms with E-state index >= 15 is 0 Å². The molecule has 5 N–H and O–H groups in total. The number of rotatable bonds is 2. The average Bonchev–Trinajstić information content (AvgIpc) is 2.52. The Kier molecular flexibility index (Phi) is 2.79. The van der Waals surface area contributed by atoms with Gasteiger partial charge in [-0.15, -0.1) is 0 Å². The number of thioether (sulfide) groups is 1. The SMILES string of the molecule is N/N=C(\N)SCc1cn[nH]c1. The molecule has 0 saturated carbocycles. The van der Waals surface area contributed by atoms with E-state index in [1.807, 2.05) is 0 Å². The average molecular weight is 171 g/mol. The highest BCUT2D eigenvalue weighted by molar-refractivity contribution is 8.13. The van der Waals surface area contributed by atoms with Crippen molar-refractivity contribution in [3.8, 4) is 0 Å². The van der Waals surface area contributed by atoms with Crippen molar-refractivity contribution in [2.24, 2.45) is 16.7 Å². The van der Waals surface area contributed by atoms with Crippen molar-refractivity contribution < 1.29 is 0 Å². The van der Waals surface area contributed by atoms with Gasteiger partial charge in [0.25, 0.3) is 0 Å². The molecule has 0 aliphatic rings. The Bertz CT molecular complexity index is 229. The zero-order valence-electron chi connectivity index (χ0n) is 5.82. The van der Waals surface area contributed by atoms with Gasteiger partial charge in [0, 0.05) is 17.5 Å². The van der Waals surface area contributed by atoms with Crippen molar-refractivity contribution in [1.29, 1.82) is 0 Å². The van der Waals surface area contributed by atoms with Crippen molar-refractivity contribution in [2.75, 3.05) is 0 Å². The van der Waals surface area contributed by atoms with Gasteiger partial charge in [-0.3, -0.25) is 5.10 Å². The quantitative estimate of drug-likeness (QED) is 0.249. The van der Waals surface area contributed by atoms with Gasteiger partial charge in [-0.1, -0.05) is 11.8 Å². The molecule has 1 aromatic heterocycles. The monoisotopic (exact) mass is 171 g/mol. The number of nitrogens with zero attached hydrogens (tertiary/aromatic N) is 2. The molecule has 6 heteroatoms. The van der Waals surface area contributed by atoms with Crippen LogP contribution < -0.4 is 11.6 Å². The van der Waals surface area contributed by atoms with E-state index in [4.69, 9.17) is 11.6 Å². The van der Waals surface area contributed by atoms with E-state index in [9.17, 15) is 0 Å². The maximum atomic E-state index is 5.35. The van der Waals surface area contributed by atoms with Crippen molar-refractivity contribution in [2.45, 2.75) is 5.75 Å². The summed E-state index contributed by atoms with van der Waals surface area (Å²) in [5.74, 6) is 5.67. The minimum Gasteiger partial charge on any atom is -0.377 e. The van der Waals surface area contributed by atoms with Gasteiger partial charge in [0.2, 0.25) is 0 Å². The van der Waals surface area contributed by atoms with Crippen LogP contribution >= 0.6 is 11.8 Å². The first-order chi connectivity index (χ1) is 5.33. The van der Waals surface area contributed by atoms with Crippen LogP contribution in [0.1, 0.15) is 5.56 Å². The number of H-pyrrole nitrogens is 1. The number of hydrazone groups is 1. The summed E-state index contributed by atoms with van der Waals surface area (Å²) in [4.78, 5) is 0. The third-order valence-corrected chi connectivity index (χ3v) is 1.95. The molecule has 0 bridgehead atoms. The van der Waals surface area contributed by atoms with Gasteiger partial charge in [-0.2, -0.15) is 10.2 Å². The molecule has 5 nitrogen and oxygen atoms in total. The second kappa shape index (κ2) is 3.87. The Hall–Kier alpha value is -1.17. The molecule has 0 radical (unpaired) electrons. The van der Waals surface area contributed by atoms with Crippen LogP contribution in [0.25, 0.3) is 0 Å². The molecule has 1 rings (SSSR count). The van der Waals surface area contributed by atoms with Gasteiger partial charge in [0.1, 0.15) is 0 Å². The molecule has 11 heavy (non-hydrogen) atoms. The summed E-state index contributed by atoms with van der Waals surface area (Å²) in [6.07, 6.45) is 3.54. The fourth-order valence-corrected chi connectivity index (χ4v) is 1.10. The standard InChI is InChI=1S/C5H9N5S/c6-5(10-7)11-3-4-1-8-9-2-4/h1-2H,3,7H2,(H2,6,10)(H,8,9). The lowest BCUT2D eigenvalue weighted by Gasteiger charge is -1.94. The highest BCUT2D eigenvalue weighted by atomic mass is 32.2. The summed E-state index contributed by atoms with van der Waals surface area (Å²) in [6, 6.07) is 0. The zero-order valence-corrected chi connectivity index (χ0v) is 6.64. The summed E-state index contributed by atoms with van der Waals surface area (Å²) in [5.41, 5.74) is 6.42. The number of hydrogen-bond donors (Lipinski definition) is 3. The third-order valence-electron chi connectivity index (χ3n) is 1.07. The second-order valence-electron chi connectivity index (χ2n) is 1.86. The Morgan fingerprint density at radius 3 is 3.18 bits per heavy atom. The fraction of sp³-hybridized carbons (Fsp3) is 0.200. The summed E-state index contributed by atoms with van der Waals surface area (Å²) in [7, 11) is 0. The Morgan fingerprint density at radius 2 is 2.64 bits per heavy atom. The Labute approximate surface area is 68.2 Å². The van der Waals surface area contributed by atoms with E-state index in [1.165, 1.54) is 11.8 Å². The van der Waals surface area contributed by atoms with Gasteiger partial charge in [-0.25, -0.2) is 0 Å². The predicted molar refractivity (Wildman–Crippen MR) is 45.7 cm³/mol. The lowest BCUT2D eigenvalue weighted by Crippen LogP contribution is -2.09. The van der Waals surface area contributed by atoms with Gasteiger partial charge < -0.3 is 11.6 Å². The maximum Gasteiger partial charge on any atom is 0.177 e. The van der Waals surface area contributed by atoms with Crippen LogP contribution in [-0.2, 0) is 5.75 Å². The Morgan fingerprint density at radius 1 is 1.82 bits per heavy atom. The molecule has 0 aromatic carbocycles. The van der Waals surface area contributed by atoms with E-state index in [2.05, 4.69) is 15.3 Å². The summed E-state index contributed by atoms with van der Waals surface area (Å²) in [5, 5.41) is 10.2. The molecular formula is C5H9N5S. The lowest BCUT2D eigenvalue weighted by molar-refractivity contribution is 1.09. The summed E-state index contributed by atoms with van der Waals surface area (Å²) >= 11 is 1.38. The normalized spacial score (nSPS) is 11.8. The minimum atomic E-state index is 0.381. The number of nitrogens with one attached hydrogen (secondary N) is 1. The van der Waals surface area contributed by atoms with E-state index < -0.39 is 0 Å². The molecule has 0 amide bonds. The Balaban J connectivity index is 2.35. The highest BCUT2D eigenvalue weighted by Crippen LogP contribution is 2.08. The number of aromatic nitrogens is 2. The molecule has 60 valence electrons. The minimum absolute atomic E-state index is 0.381. The zero-order chi connectivity index (χ0) is 8.10. The summed E-state index contributed by atoms with van der Waals surface area (Å²) < 4.78 is 0. The summed E-state index contributed by atoms with van der Waals surface area (Å²) in [6.45, 7) is 0. The van der Waals surface area contributed by atoms with Crippen LogP contribution in [0.15, 0.2) is 17.5 Å². The molecule has 0 saturated heterocycles. The lowest BCUT2D eigenvalue weighted by atomic mass is 10.4. The van der Waals surface area contributed by atoms with Crippen LogP contribution in [0, 0.1) is 0 Å². The van der Waals surface area contributed by atoms with Gasteiger partial charge in [0.15, 0.2) is 5.17 Å². The topological polar surface area (TPSA) is 93.1 Å². The smallest absolute Gasteiger partial charge is 0.177 e. The van der Waals surface area contributed by atoms with Crippen LogP contribution in [0.3, 0.4) is 0 Å². The van der Waals surface area contributed by atoms with Crippen LogP contribution in [0.4, 0.5) is 0 Å². The molecule has 1 aromatic rings. The molecule has 0 aliphatic heterocycles. The number of aromatic amines is 1. The molecule has 0 aliphatic carbocycles. The first-order valence-electron chi connectivity index (χ1n) is 2.96. The fourth-order valence-electron chi connectivity index (χ4n) is 0.551. The predicted octanol–water partition coefficient (Wildman–Crippen LogP) is -0.169. The van der Waals surface area contributed by atoms with Crippen LogP contribution in [0.2, 0.25) is 0 Å². The molecular weight excluding hydrogens is 162 g/mol. The molecule has 0 fully saturated rings. The largest absolute Gasteiger partial charge is 0.377 e. The van der Waals surface area contributed by atoms with E-state index in [-0.39, 0.29) is 0 Å². The first kappa shape index (κ1) is 7.93. The van der Waals surface area contributed by atoms with E-state index in [0.717, 1.165) is 11.3 Å².